The van der Waals surface area contributed by atoms with Crippen molar-refractivity contribution >= 4 is 44.5 Å². The zero-order chi connectivity index (χ0) is 23.0. The summed E-state index contributed by atoms with van der Waals surface area (Å²) in [5.74, 6) is -0.290. The molecule has 1 aromatic carbocycles. The van der Waals surface area contributed by atoms with Crippen molar-refractivity contribution in [1.29, 1.82) is 0 Å². The number of hydrogen-bond acceptors (Lipinski definition) is 7. The minimum Gasteiger partial charge on any atom is -0.379 e. The van der Waals surface area contributed by atoms with Crippen LogP contribution in [-0.2, 0) is 24.3 Å². The van der Waals surface area contributed by atoms with Crippen molar-refractivity contribution in [3.05, 3.63) is 41.8 Å². The van der Waals surface area contributed by atoms with Crippen LogP contribution in [-0.4, -0.2) is 75.9 Å². The quantitative estimate of drug-likeness (QED) is 0.539. The highest BCUT2D eigenvalue weighted by Crippen LogP contribution is 2.20. The van der Waals surface area contributed by atoms with Crippen LogP contribution in [0.15, 0.2) is 46.0 Å². The summed E-state index contributed by atoms with van der Waals surface area (Å²) in [4.78, 5) is 26.4. The molecule has 1 aromatic heterocycles. The van der Waals surface area contributed by atoms with Crippen molar-refractivity contribution < 1.29 is 22.7 Å². The van der Waals surface area contributed by atoms with E-state index in [4.69, 9.17) is 4.74 Å². The third-order valence-corrected chi connectivity index (χ3v) is 8.19. The van der Waals surface area contributed by atoms with E-state index in [1.807, 2.05) is 4.90 Å². The highest BCUT2D eigenvalue weighted by Gasteiger charge is 2.21. The van der Waals surface area contributed by atoms with E-state index in [1.165, 1.54) is 22.7 Å². The predicted molar refractivity (Wildman–Crippen MR) is 124 cm³/mol. The first-order valence-corrected chi connectivity index (χ1v) is 12.7. The molecule has 174 valence electrons. The molecule has 11 heteroatoms. The summed E-state index contributed by atoms with van der Waals surface area (Å²) in [6.07, 6.45) is 0.602. The number of nitrogens with one attached hydrogen (secondary N) is 2. The molecule has 0 bridgehead atoms. The molecule has 3 rings (SSSR count). The molecule has 0 aliphatic carbocycles. The number of sulfonamides is 1. The number of rotatable bonds is 10. The van der Waals surface area contributed by atoms with Gasteiger partial charge in [0.15, 0.2) is 0 Å². The highest BCUT2D eigenvalue weighted by atomic mass is 32.2. The van der Waals surface area contributed by atoms with E-state index in [-0.39, 0.29) is 24.8 Å². The van der Waals surface area contributed by atoms with Gasteiger partial charge in [-0.1, -0.05) is 6.07 Å². The van der Waals surface area contributed by atoms with Gasteiger partial charge in [0, 0.05) is 44.5 Å². The Kier molecular flexibility index (Phi) is 8.76. The van der Waals surface area contributed by atoms with Gasteiger partial charge in [-0.15, -0.1) is 11.3 Å². The molecule has 2 heterocycles. The summed E-state index contributed by atoms with van der Waals surface area (Å²) in [5.41, 5.74) is 1.27. The van der Waals surface area contributed by atoms with Crippen molar-refractivity contribution in [2.45, 2.75) is 17.1 Å². The first-order valence-electron chi connectivity index (χ1n) is 10.3. The lowest BCUT2D eigenvalue weighted by atomic mass is 10.2. The van der Waals surface area contributed by atoms with E-state index < -0.39 is 10.0 Å². The number of thiophene rings is 1. The second kappa shape index (κ2) is 11.5. The van der Waals surface area contributed by atoms with Crippen LogP contribution in [0, 0.1) is 0 Å². The van der Waals surface area contributed by atoms with E-state index >= 15 is 0 Å². The number of ether oxygens (including phenoxy) is 1. The van der Waals surface area contributed by atoms with E-state index in [1.54, 1.807) is 41.8 Å². The standard InChI is InChI=1S/C21H28N4O5S2/c1-24(32(28,29)21-5-3-15-31-21)10-2-4-19(26)22-17-6-8-18(9-7-17)23-20(27)16-25-11-13-30-14-12-25/h3,5-9,15H,2,4,10-14,16H2,1H3,(H,22,26)(H,23,27). The molecule has 0 spiro atoms. The lowest BCUT2D eigenvalue weighted by molar-refractivity contribution is -0.118. The van der Waals surface area contributed by atoms with E-state index in [9.17, 15) is 18.0 Å². The number of carbonyl (C=O) groups excluding carboxylic acids is 2. The molecule has 2 N–H and O–H groups in total. The molecule has 2 aromatic rings. The minimum atomic E-state index is -3.50. The van der Waals surface area contributed by atoms with Crippen LogP contribution in [0.1, 0.15) is 12.8 Å². The molecule has 9 nitrogen and oxygen atoms in total. The normalized spacial score (nSPS) is 14.9. The Bertz CT molecular complexity index is 988. The molecule has 0 saturated carbocycles. The second-order valence-electron chi connectivity index (χ2n) is 7.42. The van der Waals surface area contributed by atoms with Gasteiger partial charge in [-0.2, -0.15) is 0 Å². The SMILES string of the molecule is CN(CCCC(=O)Nc1ccc(NC(=O)CN2CCOCC2)cc1)S(=O)(=O)c1cccs1. The van der Waals surface area contributed by atoms with Crippen LogP contribution in [0.5, 0.6) is 0 Å². The first kappa shape index (κ1) is 24.3. The highest BCUT2D eigenvalue weighted by molar-refractivity contribution is 7.91. The monoisotopic (exact) mass is 480 g/mol. The Balaban J connectivity index is 1.39. The zero-order valence-electron chi connectivity index (χ0n) is 18.0. The summed E-state index contributed by atoms with van der Waals surface area (Å²) in [6, 6.07) is 10.2. The summed E-state index contributed by atoms with van der Waals surface area (Å²) in [5, 5.41) is 7.35. The molecule has 1 aliphatic heterocycles. The van der Waals surface area contributed by atoms with Crippen LogP contribution < -0.4 is 10.6 Å². The summed E-state index contributed by atoms with van der Waals surface area (Å²) >= 11 is 1.17. The summed E-state index contributed by atoms with van der Waals surface area (Å²) in [6.45, 7) is 3.34. The Morgan fingerprint density at radius 1 is 1.06 bits per heavy atom. The molecule has 1 saturated heterocycles. The maximum Gasteiger partial charge on any atom is 0.252 e. The fourth-order valence-corrected chi connectivity index (χ4v) is 5.58. The van der Waals surface area contributed by atoms with Crippen LogP contribution in [0.3, 0.4) is 0 Å². The van der Waals surface area contributed by atoms with Crippen molar-refractivity contribution in [2.75, 3.05) is 57.1 Å². The lowest BCUT2D eigenvalue weighted by Gasteiger charge is -2.25. The van der Waals surface area contributed by atoms with Crippen LogP contribution >= 0.6 is 11.3 Å². The van der Waals surface area contributed by atoms with Gasteiger partial charge in [0.1, 0.15) is 4.21 Å². The van der Waals surface area contributed by atoms with E-state index in [2.05, 4.69) is 10.6 Å². The molecular weight excluding hydrogens is 452 g/mol. The smallest absolute Gasteiger partial charge is 0.252 e. The van der Waals surface area contributed by atoms with Gasteiger partial charge < -0.3 is 15.4 Å². The molecule has 32 heavy (non-hydrogen) atoms. The average Bonchev–Trinajstić information content (AvgIpc) is 3.31. The molecule has 1 aliphatic rings. The maximum absolute atomic E-state index is 12.4. The van der Waals surface area contributed by atoms with Crippen molar-refractivity contribution in [3.8, 4) is 0 Å². The molecule has 2 amide bonds. The van der Waals surface area contributed by atoms with Gasteiger partial charge in [-0.05, 0) is 42.1 Å². The fraction of sp³-hybridized carbons (Fsp3) is 0.429. The third kappa shape index (κ3) is 7.10. The second-order valence-corrected chi connectivity index (χ2v) is 10.6. The van der Waals surface area contributed by atoms with Gasteiger partial charge >= 0.3 is 0 Å². The Labute approximate surface area is 192 Å². The Morgan fingerprint density at radius 2 is 1.69 bits per heavy atom. The number of benzene rings is 1. The van der Waals surface area contributed by atoms with E-state index in [0.29, 0.717) is 41.8 Å². The predicted octanol–water partition coefficient (Wildman–Crippen LogP) is 2.06. The fourth-order valence-electron chi connectivity index (χ4n) is 3.17. The molecular formula is C21H28N4O5S2. The lowest BCUT2D eigenvalue weighted by Crippen LogP contribution is -2.41. The largest absolute Gasteiger partial charge is 0.379 e. The van der Waals surface area contributed by atoms with E-state index in [0.717, 1.165) is 13.1 Å². The van der Waals surface area contributed by atoms with Crippen LogP contribution in [0.4, 0.5) is 11.4 Å². The van der Waals surface area contributed by atoms with Gasteiger partial charge in [0.2, 0.25) is 11.8 Å². The molecule has 0 atom stereocenters. The van der Waals surface area contributed by atoms with Crippen LogP contribution in [0.2, 0.25) is 0 Å². The van der Waals surface area contributed by atoms with Gasteiger partial charge in [0.05, 0.1) is 19.8 Å². The van der Waals surface area contributed by atoms with Crippen LogP contribution in [0.25, 0.3) is 0 Å². The molecule has 1 fully saturated rings. The Morgan fingerprint density at radius 3 is 2.28 bits per heavy atom. The number of nitrogens with zero attached hydrogens (tertiary/aromatic N) is 2. The summed E-state index contributed by atoms with van der Waals surface area (Å²) < 4.78 is 31.6. The topological polar surface area (TPSA) is 108 Å². The van der Waals surface area contributed by atoms with Gasteiger partial charge in [0.25, 0.3) is 10.0 Å². The Hall–Kier alpha value is -2.31. The third-order valence-electron chi connectivity index (χ3n) is 4.96. The van der Waals surface area contributed by atoms with Crippen molar-refractivity contribution in [1.82, 2.24) is 9.21 Å². The summed E-state index contributed by atoms with van der Waals surface area (Å²) in [7, 11) is -1.99. The van der Waals surface area contributed by atoms with Gasteiger partial charge in [-0.3, -0.25) is 14.5 Å². The zero-order valence-corrected chi connectivity index (χ0v) is 19.6. The van der Waals surface area contributed by atoms with Crippen molar-refractivity contribution in [2.24, 2.45) is 0 Å². The maximum atomic E-state index is 12.4. The molecule has 0 radical (unpaired) electrons. The number of anilines is 2. The number of morpholine rings is 1. The first-order chi connectivity index (χ1) is 15.3. The number of amides is 2. The minimum absolute atomic E-state index is 0.0923. The molecule has 0 unspecified atom stereocenters. The van der Waals surface area contributed by atoms with Gasteiger partial charge in [-0.25, -0.2) is 12.7 Å². The number of hydrogen-bond donors (Lipinski definition) is 2. The number of carbonyl (C=O) groups is 2. The van der Waals surface area contributed by atoms with Crippen molar-refractivity contribution in [3.63, 3.8) is 0 Å². The average molecular weight is 481 g/mol.